The zero-order valence-electron chi connectivity index (χ0n) is 10.4. The second-order valence-electron chi connectivity index (χ2n) is 4.09. The van der Waals surface area contributed by atoms with Crippen LogP contribution >= 0.6 is 0 Å². The molecule has 0 unspecified atom stereocenters. The van der Waals surface area contributed by atoms with E-state index < -0.39 is 17.5 Å². The maximum Gasteiger partial charge on any atom is 0.332 e. The van der Waals surface area contributed by atoms with E-state index in [2.05, 4.69) is 5.32 Å². The van der Waals surface area contributed by atoms with Gasteiger partial charge in [0.15, 0.2) is 6.10 Å². The summed E-state index contributed by atoms with van der Waals surface area (Å²) in [5.41, 5.74) is 5.02. The first-order valence-corrected chi connectivity index (χ1v) is 5.82. The molecule has 0 aliphatic heterocycles. The summed E-state index contributed by atoms with van der Waals surface area (Å²) >= 11 is 0. The predicted molar refractivity (Wildman–Crippen MR) is 63.3 cm³/mol. The Morgan fingerprint density at radius 2 is 1.88 bits per heavy atom. The molecule has 0 aromatic carbocycles. The summed E-state index contributed by atoms with van der Waals surface area (Å²) in [6.07, 6.45) is -0.179. The van der Waals surface area contributed by atoms with Crippen molar-refractivity contribution in [2.24, 2.45) is 11.1 Å². The summed E-state index contributed by atoms with van der Waals surface area (Å²) in [5, 5.41) is 20.1. The third kappa shape index (κ3) is 4.32. The van der Waals surface area contributed by atoms with Crippen molar-refractivity contribution in [1.29, 1.82) is 0 Å². The van der Waals surface area contributed by atoms with Crippen LogP contribution in [0.25, 0.3) is 0 Å². The second-order valence-corrected chi connectivity index (χ2v) is 4.09. The van der Waals surface area contributed by atoms with Gasteiger partial charge in [0.25, 0.3) is 0 Å². The molecule has 1 atom stereocenters. The highest BCUT2D eigenvalue weighted by Gasteiger charge is 2.33. The van der Waals surface area contributed by atoms with Crippen LogP contribution in [0.4, 0.5) is 0 Å². The molecular formula is C11H22N2O4. The Kier molecular flexibility index (Phi) is 6.75. The highest BCUT2D eigenvalue weighted by atomic mass is 16.4. The van der Waals surface area contributed by atoms with Crippen molar-refractivity contribution >= 4 is 11.9 Å². The molecule has 0 saturated heterocycles. The SMILES string of the molecule is CCC(CC)(CN)C(=O)NCC[C@H](O)C(=O)O. The quantitative estimate of drug-likeness (QED) is 0.470. The molecule has 0 aliphatic carbocycles. The van der Waals surface area contributed by atoms with Crippen molar-refractivity contribution in [2.45, 2.75) is 39.2 Å². The van der Waals surface area contributed by atoms with E-state index in [1.807, 2.05) is 13.8 Å². The van der Waals surface area contributed by atoms with Gasteiger partial charge in [0, 0.05) is 19.5 Å². The number of amides is 1. The van der Waals surface area contributed by atoms with Gasteiger partial charge in [-0.25, -0.2) is 4.79 Å². The van der Waals surface area contributed by atoms with Crippen LogP contribution in [0.5, 0.6) is 0 Å². The smallest absolute Gasteiger partial charge is 0.332 e. The highest BCUT2D eigenvalue weighted by Crippen LogP contribution is 2.24. The van der Waals surface area contributed by atoms with Gasteiger partial charge in [0.1, 0.15) is 0 Å². The van der Waals surface area contributed by atoms with E-state index in [1.54, 1.807) is 0 Å². The summed E-state index contributed by atoms with van der Waals surface area (Å²) in [7, 11) is 0. The molecule has 5 N–H and O–H groups in total. The van der Waals surface area contributed by atoms with Gasteiger partial charge >= 0.3 is 5.97 Å². The first-order chi connectivity index (χ1) is 7.93. The lowest BCUT2D eigenvalue weighted by atomic mass is 9.81. The molecule has 0 saturated carbocycles. The highest BCUT2D eigenvalue weighted by molar-refractivity contribution is 5.82. The number of carbonyl (C=O) groups is 2. The summed E-state index contributed by atoms with van der Waals surface area (Å²) in [6, 6.07) is 0. The number of carbonyl (C=O) groups excluding carboxylic acids is 1. The number of aliphatic hydroxyl groups is 1. The molecule has 0 bridgehead atoms. The number of carboxylic acids is 1. The van der Waals surface area contributed by atoms with Crippen LogP contribution in [0.15, 0.2) is 0 Å². The minimum atomic E-state index is -1.44. The number of hydrogen-bond acceptors (Lipinski definition) is 4. The molecule has 17 heavy (non-hydrogen) atoms. The average Bonchev–Trinajstić information content (AvgIpc) is 2.31. The van der Waals surface area contributed by atoms with Crippen LogP contribution < -0.4 is 11.1 Å². The lowest BCUT2D eigenvalue weighted by molar-refractivity contribution is -0.147. The Morgan fingerprint density at radius 3 is 2.24 bits per heavy atom. The standard InChI is InChI=1S/C11H22N2O4/c1-3-11(4-2,7-12)10(17)13-6-5-8(14)9(15)16/h8,14H,3-7,12H2,1-2H3,(H,13,17)(H,15,16)/t8-/m0/s1. The molecule has 6 heteroatoms. The van der Waals surface area contributed by atoms with Gasteiger partial charge in [-0.15, -0.1) is 0 Å². The zero-order valence-corrected chi connectivity index (χ0v) is 10.4. The second kappa shape index (κ2) is 7.24. The molecule has 0 rings (SSSR count). The molecule has 0 aromatic rings. The molecule has 0 aromatic heterocycles. The largest absolute Gasteiger partial charge is 0.479 e. The fourth-order valence-corrected chi connectivity index (χ4v) is 1.59. The molecule has 0 radical (unpaired) electrons. The number of nitrogens with two attached hydrogens (primary N) is 1. The fraction of sp³-hybridized carbons (Fsp3) is 0.818. The van der Waals surface area contributed by atoms with E-state index in [-0.39, 0.29) is 25.4 Å². The summed E-state index contributed by atoms with van der Waals surface area (Å²) in [4.78, 5) is 22.2. The van der Waals surface area contributed by atoms with Crippen LogP contribution in [-0.4, -0.2) is 41.3 Å². The third-order valence-corrected chi connectivity index (χ3v) is 3.21. The lowest BCUT2D eigenvalue weighted by Crippen LogP contribution is -2.46. The van der Waals surface area contributed by atoms with Crippen molar-refractivity contribution in [3.05, 3.63) is 0 Å². The first-order valence-electron chi connectivity index (χ1n) is 5.82. The Labute approximate surface area is 101 Å². The molecule has 100 valence electrons. The minimum Gasteiger partial charge on any atom is -0.479 e. The average molecular weight is 246 g/mol. The van der Waals surface area contributed by atoms with Crippen LogP contribution in [0, 0.1) is 5.41 Å². The number of aliphatic hydroxyl groups excluding tert-OH is 1. The van der Waals surface area contributed by atoms with Crippen molar-refractivity contribution in [2.75, 3.05) is 13.1 Å². The molecule has 6 nitrogen and oxygen atoms in total. The molecule has 0 aliphatic rings. The number of carboxylic acid groups (broad SMARTS) is 1. The van der Waals surface area contributed by atoms with E-state index in [0.717, 1.165) is 0 Å². The maximum atomic E-state index is 11.9. The van der Waals surface area contributed by atoms with Crippen molar-refractivity contribution in [3.63, 3.8) is 0 Å². The van der Waals surface area contributed by atoms with Crippen molar-refractivity contribution in [3.8, 4) is 0 Å². The molecule has 0 heterocycles. The van der Waals surface area contributed by atoms with Gasteiger partial charge in [-0.2, -0.15) is 0 Å². The third-order valence-electron chi connectivity index (χ3n) is 3.21. The Hall–Kier alpha value is -1.14. The van der Waals surface area contributed by atoms with E-state index in [0.29, 0.717) is 12.8 Å². The van der Waals surface area contributed by atoms with E-state index >= 15 is 0 Å². The van der Waals surface area contributed by atoms with Gasteiger partial charge in [-0.1, -0.05) is 13.8 Å². The minimum absolute atomic E-state index is 0.00481. The van der Waals surface area contributed by atoms with Crippen molar-refractivity contribution in [1.82, 2.24) is 5.32 Å². The van der Waals surface area contributed by atoms with Gasteiger partial charge in [0.2, 0.25) is 5.91 Å². The fourth-order valence-electron chi connectivity index (χ4n) is 1.59. The zero-order chi connectivity index (χ0) is 13.5. The molecular weight excluding hydrogens is 224 g/mol. The molecule has 0 spiro atoms. The van der Waals surface area contributed by atoms with Crippen LogP contribution in [0.1, 0.15) is 33.1 Å². The molecule has 0 fully saturated rings. The number of aliphatic carboxylic acids is 1. The first kappa shape index (κ1) is 15.9. The van der Waals surface area contributed by atoms with Crippen LogP contribution in [0.3, 0.4) is 0 Å². The summed E-state index contributed by atoms with van der Waals surface area (Å²) < 4.78 is 0. The predicted octanol–water partition coefficient (Wildman–Crippen LogP) is -0.297. The van der Waals surface area contributed by atoms with Crippen molar-refractivity contribution < 1.29 is 19.8 Å². The monoisotopic (exact) mass is 246 g/mol. The topological polar surface area (TPSA) is 113 Å². The van der Waals surface area contributed by atoms with Crippen LogP contribution in [0.2, 0.25) is 0 Å². The Bertz CT molecular complexity index is 256. The maximum absolute atomic E-state index is 11.9. The number of hydrogen-bond donors (Lipinski definition) is 4. The van der Waals surface area contributed by atoms with E-state index in [1.165, 1.54) is 0 Å². The normalized spacial score (nSPS) is 13.2. The Morgan fingerprint density at radius 1 is 1.35 bits per heavy atom. The Balaban J connectivity index is 4.21. The number of rotatable bonds is 8. The van der Waals surface area contributed by atoms with Crippen LogP contribution in [-0.2, 0) is 9.59 Å². The van der Waals surface area contributed by atoms with E-state index in [9.17, 15) is 9.59 Å². The van der Waals surface area contributed by atoms with Gasteiger partial charge in [-0.3, -0.25) is 4.79 Å². The van der Waals surface area contributed by atoms with Gasteiger partial charge < -0.3 is 21.3 Å². The lowest BCUT2D eigenvalue weighted by Gasteiger charge is -2.28. The van der Waals surface area contributed by atoms with Gasteiger partial charge in [0.05, 0.1) is 5.41 Å². The summed E-state index contributed by atoms with van der Waals surface area (Å²) in [6.45, 7) is 4.17. The molecule has 1 amide bonds. The van der Waals surface area contributed by atoms with Gasteiger partial charge in [-0.05, 0) is 12.8 Å². The summed E-state index contributed by atoms with van der Waals surface area (Å²) in [5.74, 6) is -1.46. The van der Waals surface area contributed by atoms with E-state index in [4.69, 9.17) is 15.9 Å². The number of nitrogens with one attached hydrogen (secondary N) is 1.